The number of hydrogen-bond donors (Lipinski definition) is 4. The summed E-state index contributed by atoms with van der Waals surface area (Å²) in [4.78, 5) is 13.6. The Morgan fingerprint density at radius 2 is 1.97 bits per heavy atom. The molecular formula is C28H37Cl2FN2O4. The van der Waals surface area contributed by atoms with Crippen LogP contribution < -0.4 is 15.4 Å². The first-order chi connectivity index (χ1) is 17.3. The Hall–Kier alpha value is -1.90. The maximum absolute atomic E-state index is 15.7. The van der Waals surface area contributed by atoms with Gasteiger partial charge in [0.25, 0.3) is 0 Å². The van der Waals surface area contributed by atoms with Gasteiger partial charge in [-0.15, -0.1) is 0 Å². The van der Waals surface area contributed by atoms with E-state index >= 15 is 4.39 Å². The van der Waals surface area contributed by atoms with Gasteiger partial charge in [0.1, 0.15) is 11.6 Å². The molecule has 0 radical (unpaired) electrons. The maximum atomic E-state index is 15.7. The molecule has 5 atom stereocenters. The van der Waals surface area contributed by atoms with Crippen molar-refractivity contribution in [2.24, 2.45) is 5.41 Å². The zero-order valence-electron chi connectivity index (χ0n) is 21.9. The zero-order valence-corrected chi connectivity index (χ0v) is 23.5. The molecular weight excluding hydrogens is 518 g/mol. The number of hydrogen-bond acceptors (Lipinski definition) is 5. The third kappa shape index (κ3) is 6.40. The Kier molecular flexibility index (Phi) is 9.51. The quantitative estimate of drug-likeness (QED) is 0.356. The number of aliphatic hydroxyl groups excluding tert-OH is 2. The molecule has 0 unspecified atom stereocenters. The van der Waals surface area contributed by atoms with E-state index in [0.717, 1.165) is 5.56 Å². The third-order valence-electron chi connectivity index (χ3n) is 7.23. The highest BCUT2D eigenvalue weighted by molar-refractivity contribution is 6.31. The molecule has 0 aliphatic carbocycles. The first kappa shape index (κ1) is 29.7. The number of amides is 1. The second-order valence-corrected chi connectivity index (χ2v) is 12.0. The molecule has 1 aliphatic heterocycles. The van der Waals surface area contributed by atoms with Gasteiger partial charge in [-0.25, -0.2) is 4.39 Å². The van der Waals surface area contributed by atoms with Gasteiger partial charge >= 0.3 is 0 Å². The fourth-order valence-electron chi connectivity index (χ4n) is 5.45. The van der Waals surface area contributed by atoms with Gasteiger partial charge in [-0.1, -0.05) is 69.1 Å². The Labute approximate surface area is 228 Å². The van der Waals surface area contributed by atoms with E-state index < -0.39 is 35.9 Å². The molecule has 0 saturated carbocycles. The maximum Gasteiger partial charge on any atom is 0.237 e. The monoisotopic (exact) mass is 554 g/mol. The van der Waals surface area contributed by atoms with Crippen molar-refractivity contribution < 1.29 is 24.1 Å². The number of halogens is 3. The van der Waals surface area contributed by atoms with Crippen LogP contribution in [0, 0.1) is 11.2 Å². The van der Waals surface area contributed by atoms with Crippen molar-refractivity contribution in [2.45, 2.75) is 70.1 Å². The average molecular weight is 556 g/mol. The largest absolute Gasteiger partial charge is 0.496 e. The molecule has 9 heteroatoms. The lowest BCUT2D eigenvalue weighted by atomic mass is 9.63. The van der Waals surface area contributed by atoms with E-state index in [2.05, 4.69) is 31.4 Å². The number of benzene rings is 2. The van der Waals surface area contributed by atoms with Gasteiger partial charge in [0.05, 0.1) is 30.9 Å². The molecule has 0 aromatic heterocycles. The number of ether oxygens (including phenoxy) is 1. The first-order valence-corrected chi connectivity index (χ1v) is 13.2. The van der Waals surface area contributed by atoms with Crippen LogP contribution in [-0.4, -0.2) is 54.6 Å². The molecule has 1 aliphatic rings. The number of methoxy groups -OCH3 is 1. The second-order valence-electron chi connectivity index (χ2n) is 11.1. The molecule has 37 heavy (non-hydrogen) atoms. The predicted molar refractivity (Wildman–Crippen MR) is 145 cm³/mol. The van der Waals surface area contributed by atoms with Gasteiger partial charge in [0, 0.05) is 34.5 Å². The van der Waals surface area contributed by atoms with Crippen molar-refractivity contribution in [2.75, 3.05) is 20.3 Å². The van der Waals surface area contributed by atoms with E-state index in [1.54, 1.807) is 31.4 Å². The van der Waals surface area contributed by atoms with Crippen LogP contribution in [0.4, 0.5) is 4.39 Å². The number of carbonyl (C=O) groups excluding carboxylic acids is 1. The number of nitrogens with one attached hydrogen (secondary N) is 2. The summed E-state index contributed by atoms with van der Waals surface area (Å²) in [7, 11) is 1.56. The van der Waals surface area contributed by atoms with Crippen LogP contribution in [0.15, 0.2) is 36.4 Å². The minimum absolute atomic E-state index is 0.0209. The molecule has 6 nitrogen and oxygen atoms in total. The lowest BCUT2D eigenvalue weighted by Gasteiger charge is -2.40. The molecule has 2 aromatic rings. The summed E-state index contributed by atoms with van der Waals surface area (Å²) in [5, 5.41) is 25.7. The molecule has 2 aromatic carbocycles. The Balaban J connectivity index is 2.20. The summed E-state index contributed by atoms with van der Waals surface area (Å²) in [6.07, 6.45) is -0.0601. The molecule has 3 rings (SSSR count). The van der Waals surface area contributed by atoms with Crippen molar-refractivity contribution in [1.82, 2.24) is 10.6 Å². The van der Waals surface area contributed by atoms with E-state index in [0.29, 0.717) is 22.8 Å². The highest BCUT2D eigenvalue weighted by Gasteiger charge is 2.57. The Morgan fingerprint density at radius 1 is 1.27 bits per heavy atom. The fraction of sp³-hybridized carbons (Fsp3) is 0.536. The van der Waals surface area contributed by atoms with Gasteiger partial charge in [-0.3, -0.25) is 4.79 Å². The van der Waals surface area contributed by atoms with E-state index in [-0.39, 0.29) is 35.4 Å². The normalized spacial score (nSPS) is 24.6. The summed E-state index contributed by atoms with van der Waals surface area (Å²) < 4.78 is 21.4. The standard InChI is InChI=1S/C28H37Cl2FN2O4/c1-27(2,3)14-22-28(4,19-10-9-16(29)13-21(19)37-5)23(18-7-6-8-20(30)24(18)31)25(33-22)26(36)32-12-11-17(35)15-34/h6-10,13,17,22-23,25,33-35H,11-12,14-15H2,1-5H3,(H,32,36)/t17-,22-,23-,25-,28-/m0/s1. The second kappa shape index (κ2) is 11.9. The van der Waals surface area contributed by atoms with E-state index in [1.165, 1.54) is 6.07 Å². The molecule has 4 N–H and O–H groups in total. The van der Waals surface area contributed by atoms with Gasteiger partial charge in [-0.05, 0) is 42.0 Å². The lowest BCUT2D eigenvalue weighted by molar-refractivity contribution is -0.123. The zero-order chi connectivity index (χ0) is 27.5. The van der Waals surface area contributed by atoms with E-state index in [9.17, 15) is 9.90 Å². The third-order valence-corrected chi connectivity index (χ3v) is 7.76. The van der Waals surface area contributed by atoms with E-state index in [4.69, 9.17) is 33.0 Å². The molecule has 0 bridgehead atoms. The molecule has 1 fully saturated rings. The molecule has 1 saturated heterocycles. The van der Waals surface area contributed by atoms with Gasteiger partial charge < -0.3 is 25.6 Å². The smallest absolute Gasteiger partial charge is 0.237 e. The van der Waals surface area contributed by atoms with Crippen LogP contribution in [0.1, 0.15) is 57.6 Å². The Morgan fingerprint density at radius 3 is 2.59 bits per heavy atom. The van der Waals surface area contributed by atoms with Gasteiger partial charge in [0.15, 0.2) is 0 Å². The van der Waals surface area contributed by atoms with Crippen molar-refractivity contribution in [3.63, 3.8) is 0 Å². The van der Waals surface area contributed by atoms with Crippen molar-refractivity contribution >= 4 is 29.1 Å². The topological polar surface area (TPSA) is 90.8 Å². The summed E-state index contributed by atoms with van der Waals surface area (Å²) in [5.74, 6) is -1.00. The summed E-state index contributed by atoms with van der Waals surface area (Å²) >= 11 is 12.5. The molecule has 204 valence electrons. The van der Waals surface area contributed by atoms with Crippen molar-refractivity contribution in [3.05, 3.63) is 63.4 Å². The van der Waals surface area contributed by atoms with Crippen LogP contribution in [0.2, 0.25) is 10.0 Å². The minimum Gasteiger partial charge on any atom is -0.496 e. The number of aliphatic hydroxyl groups is 2. The van der Waals surface area contributed by atoms with Crippen LogP contribution >= 0.6 is 23.2 Å². The van der Waals surface area contributed by atoms with Crippen molar-refractivity contribution in [1.29, 1.82) is 0 Å². The van der Waals surface area contributed by atoms with Crippen LogP contribution in [-0.2, 0) is 10.2 Å². The van der Waals surface area contributed by atoms with Crippen molar-refractivity contribution in [3.8, 4) is 5.75 Å². The van der Waals surface area contributed by atoms with Crippen LogP contribution in [0.25, 0.3) is 0 Å². The lowest BCUT2D eigenvalue weighted by Crippen LogP contribution is -2.46. The average Bonchev–Trinajstić information content (AvgIpc) is 3.11. The minimum atomic E-state index is -0.935. The number of rotatable bonds is 9. The molecule has 0 spiro atoms. The van der Waals surface area contributed by atoms with Crippen LogP contribution in [0.3, 0.4) is 0 Å². The summed E-state index contributed by atoms with van der Waals surface area (Å²) in [6, 6.07) is 9.17. The Bertz CT molecular complexity index is 1110. The highest BCUT2D eigenvalue weighted by atomic mass is 35.5. The predicted octanol–water partition coefficient (Wildman–Crippen LogP) is 4.82. The molecule has 1 heterocycles. The number of carbonyl (C=O) groups is 1. The van der Waals surface area contributed by atoms with Gasteiger partial charge in [0.2, 0.25) is 5.91 Å². The summed E-state index contributed by atoms with van der Waals surface area (Å²) in [6.45, 7) is 8.15. The fourth-order valence-corrected chi connectivity index (χ4v) is 5.80. The SMILES string of the molecule is COc1cc(Cl)ccc1[C@@]1(C)[C@H](CC(C)(C)C)N[C@H](C(=O)NCC[C@H](O)CO)[C@@H]1c1cccc(Cl)c1F. The van der Waals surface area contributed by atoms with E-state index in [1.807, 2.05) is 13.0 Å². The van der Waals surface area contributed by atoms with Gasteiger partial charge in [-0.2, -0.15) is 0 Å². The van der Waals surface area contributed by atoms with Crippen LogP contribution in [0.5, 0.6) is 5.75 Å². The first-order valence-electron chi connectivity index (χ1n) is 12.4. The highest BCUT2D eigenvalue weighted by Crippen LogP contribution is 2.54. The summed E-state index contributed by atoms with van der Waals surface area (Å²) in [5.41, 5.74) is 0.205. The molecule has 1 amide bonds.